The third kappa shape index (κ3) is 4.94. The van der Waals surface area contributed by atoms with Gasteiger partial charge in [0.05, 0.1) is 5.75 Å². The molecule has 1 rings (SSSR count). The summed E-state index contributed by atoms with van der Waals surface area (Å²) in [6.45, 7) is 7.24. The van der Waals surface area contributed by atoms with Crippen molar-refractivity contribution in [2.45, 2.75) is 50.4 Å². The van der Waals surface area contributed by atoms with Gasteiger partial charge in [0.15, 0.2) is 4.34 Å². The van der Waals surface area contributed by atoms with Gasteiger partial charge in [0.1, 0.15) is 5.51 Å². The average molecular weight is 287 g/mol. The van der Waals surface area contributed by atoms with Gasteiger partial charge in [-0.3, -0.25) is 4.79 Å². The summed E-state index contributed by atoms with van der Waals surface area (Å²) in [4.78, 5) is 14.2. The van der Waals surface area contributed by atoms with Gasteiger partial charge < -0.3 is 4.90 Å². The molecule has 1 aromatic rings. The number of unbranched alkanes of at least 4 members (excludes halogenated alkanes) is 1. The van der Waals surface area contributed by atoms with Crippen LogP contribution in [0.15, 0.2) is 9.85 Å². The molecule has 1 aromatic heterocycles. The van der Waals surface area contributed by atoms with Crippen LogP contribution >= 0.6 is 23.1 Å². The van der Waals surface area contributed by atoms with Crippen LogP contribution in [0.25, 0.3) is 0 Å². The monoisotopic (exact) mass is 287 g/mol. The van der Waals surface area contributed by atoms with Gasteiger partial charge in [0.25, 0.3) is 0 Å². The van der Waals surface area contributed by atoms with Crippen LogP contribution in [0.3, 0.4) is 0 Å². The Labute approximate surface area is 117 Å². The summed E-state index contributed by atoms with van der Waals surface area (Å²) in [7, 11) is 0. The van der Waals surface area contributed by atoms with Crippen molar-refractivity contribution in [2.24, 2.45) is 0 Å². The maximum absolute atomic E-state index is 12.2. The number of hydrogen-bond acceptors (Lipinski definition) is 5. The summed E-state index contributed by atoms with van der Waals surface area (Å²) < 4.78 is 0.864. The second-order valence-corrected chi connectivity index (χ2v) is 6.25. The first-order chi connectivity index (χ1) is 8.69. The minimum Gasteiger partial charge on any atom is -0.339 e. The number of rotatable bonds is 8. The van der Waals surface area contributed by atoms with Crippen LogP contribution in [0.2, 0.25) is 0 Å². The summed E-state index contributed by atoms with van der Waals surface area (Å²) >= 11 is 2.96. The highest BCUT2D eigenvalue weighted by Gasteiger charge is 2.18. The Morgan fingerprint density at radius 3 is 2.89 bits per heavy atom. The lowest BCUT2D eigenvalue weighted by Gasteiger charge is -2.28. The second-order valence-electron chi connectivity index (χ2n) is 4.19. The number of amides is 1. The molecule has 1 atom stereocenters. The van der Waals surface area contributed by atoms with Crippen molar-refractivity contribution in [3.63, 3.8) is 0 Å². The predicted octanol–water partition coefficient (Wildman–Crippen LogP) is 3.06. The predicted molar refractivity (Wildman–Crippen MR) is 77.0 cm³/mol. The molecule has 1 unspecified atom stereocenters. The SMILES string of the molecule is CCCCN(C(=O)CSc1nncs1)C(C)CC. The summed E-state index contributed by atoms with van der Waals surface area (Å²) in [6.07, 6.45) is 3.18. The molecule has 1 heterocycles. The fourth-order valence-electron chi connectivity index (χ4n) is 1.57. The molecule has 18 heavy (non-hydrogen) atoms. The topological polar surface area (TPSA) is 46.1 Å². The van der Waals surface area contributed by atoms with Gasteiger partial charge in [-0.05, 0) is 19.8 Å². The Morgan fingerprint density at radius 1 is 1.56 bits per heavy atom. The van der Waals surface area contributed by atoms with Gasteiger partial charge in [-0.2, -0.15) is 0 Å². The zero-order chi connectivity index (χ0) is 13.4. The molecule has 0 radical (unpaired) electrons. The fraction of sp³-hybridized carbons (Fsp3) is 0.750. The molecule has 0 aromatic carbocycles. The normalized spacial score (nSPS) is 12.4. The summed E-state index contributed by atoms with van der Waals surface area (Å²) in [5.74, 6) is 0.668. The van der Waals surface area contributed by atoms with Gasteiger partial charge >= 0.3 is 0 Å². The maximum atomic E-state index is 12.2. The molecule has 0 N–H and O–H groups in total. The Kier molecular flexibility index (Phi) is 7.27. The molecular formula is C12H21N3OS2. The molecule has 4 nitrogen and oxygen atoms in total. The first-order valence-electron chi connectivity index (χ1n) is 6.37. The molecule has 0 fully saturated rings. The van der Waals surface area contributed by atoms with Gasteiger partial charge in [0, 0.05) is 12.6 Å². The number of hydrogen-bond donors (Lipinski definition) is 0. The smallest absolute Gasteiger partial charge is 0.233 e. The zero-order valence-electron chi connectivity index (χ0n) is 11.3. The third-order valence-electron chi connectivity index (χ3n) is 2.85. The average Bonchev–Trinajstić information content (AvgIpc) is 2.89. The summed E-state index contributed by atoms with van der Waals surface area (Å²) in [6, 6.07) is 0.319. The molecule has 1 amide bonds. The van der Waals surface area contributed by atoms with Crippen molar-refractivity contribution < 1.29 is 4.79 Å². The maximum Gasteiger partial charge on any atom is 0.233 e. The van der Waals surface area contributed by atoms with Crippen molar-refractivity contribution in [1.82, 2.24) is 15.1 Å². The highest BCUT2D eigenvalue weighted by molar-refractivity contribution is 8.01. The number of aromatic nitrogens is 2. The highest BCUT2D eigenvalue weighted by atomic mass is 32.2. The van der Waals surface area contributed by atoms with E-state index >= 15 is 0 Å². The first kappa shape index (κ1) is 15.4. The van der Waals surface area contributed by atoms with Crippen LogP contribution in [0.1, 0.15) is 40.0 Å². The van der Waals surface area contributed by atoms with Gasteiger partial charge in [-0.25, -0.2) is 0 Å². The summed E-state index contributed by atoms with van der Waals surface area (Å²) in [5, 5.41) is 7.70. The van der Waals surface area contributed by atoms with Crippen molar-refractivity contribution >= 4 is 29.0 Å². The van der Waals surface area contributed by atoms with E-state index < -0.39 is 0 Å². The molecule has 0 spiro atoms. The minimum atomic E-state index is 0.206. The highest BCUT2D eigenvalue weighted by Crippen LogP contribution is 2.20. The number of carbonyl (C=O) groups excluding carboxylic acids is 1. The van der Waals surface area contributed by atoms with E-state index in [2.05, 4.69) is 31.0 Å². The molecule has 0 aliphatic rings. The molecule has 0 aliphatic heterocycles. The quantitative estimate of drug-likeness (QED) is 0.689. The van der Waals surface area contributed by atoms with Crippen molar-refractivity contribution in [3.8, 4) is 0 Å². The van der Waals surface area contributed by atoms with E-state index in [-0.39, 0.29) is 5.91 Å². The molecule has 0 bridgehead atoms. The van der Waals surface area contributed by atoms with Gasteiger partial charge in [-0.15, -0.1) is 10.2 Å². The van der Waals surface area contributed by atoms with E-state index in [4.69, 9.17) is 0 Å². The minimum absolute atomic E-state index is 0.206. The zero-order valence-corrected chi connectivity index (χ0v) is 12.9. The van der Waals surface area contributed by atoms with Crippen LogP contribution < -0.4 is 0 Å². The second kappa shape index (κ2) is 8.48. The summed E-state index contributed by atoms with van der Waals surface area (Å²) in [5.41, 5.74) is 1.69. The third-order valence-corrected chi connectivity index (χ3v) is 4.70. The lowest BCUT2D eigenvalue weighted by atomic mass is 10.2. The van der Waals surface area contributed by atoms with E-state index in [1.807, 2.05) is 4.90 Å². The van der Waals surface area contributed by atoms with Crippen LogP contribution in [0, 0.1) is 0 Å². The Bertz CT molecular complexity index is 343. The molecule has 0 saturated carbocycles. The fourth-order valence-corrected chi connectivity index (χ4v) is 2.95. The lowest BCUT2D eigenvalue weighted by Crippen LogP contribution is -2.40. The Morgan fingerprint density at radius 2 is 2.33 bits per heavy atom. The molecular weight excluding hydrogens is 266 g/mol. The Hall–Kier alpha value is -0.620. The standard InChI is InChI=1S/C12H21N3OS2/c1-4-6-7-15(10(3)5-2)11(16)8-17-12-14-13-9-18-12/h9-10H,4-8H2,1-3H3. The number of nitrogens with zero attached hydrogens (tertiary/aromatic N) is 3. The van der Waals surface area contributed by atoms with Crippen LogP contribution in [0.4, 0.5) is 0 Å². The Balaban J connectivity index is 2.47. The van der Waals surface area contributed by atoms with E-state index in [9.17, 15) is 4.79 Å². The molecule has 0 aliphatic carbocycles. The van der Waals surface area contributed by atoms with Gasteiger partial charge in [-0.1, -0.05) is 43.4 Å². The van der Waals surface area contributed by atoms with Crippen molar-refractivity contribution in [2.75, 3.05) is 12.3 Å². The van der Waals surface area contributed by atoms with Gasteiger partial charge in [0.2, 0.25) is 5.91 Å². The first-order valence-corrected chi connectivity index (χ1v) is 8.24. The van der Waals surface area contributed by atoms with E-state index in [1.165, 1.54) is 23.1 Å². The molecule has 102 valence electrons. The van der Waals surface area contributed by atoms with E-state index in [0.29, 0.717) is 11.8 Å². The van der Waals surface area contributed by atoms with E-state index in [1.54, 1.807) is 5.51 Å². The molecule has 0 saturated heterocycles. The van der Waals surface area contributed by atoms with Crippen molar-refractivity contribution in [3.05, 3.63) is 5.51 Å². The lowest BCUT2D eigenvalue weighted by molar-refractivity contribution is -0.130. The van der Waals surface area contributed by atoms with Crippen LogP contribution in [0.5, 0.6) is 0 Å². The number of carbonyl (C=O) groups is 1. The largest absolute Gasteiger partial charge is 0.339 e. The molecule has 6 heteroatoms. The van der Waals surface area contributed by atoms with E-state index in [0.717, 1.165) is 30.1 Å². The van der Waals surface area contributed by atoms with Crippen molar-refractivity contribution in [1.29, 1.82) is 0 Å². The number of thioether (sulfide) groups is 1. The van der Waals surface area contributed by atoms with Crippen LogP contribution in [-0.4, -0.2) is 39.3 Å². The van der Waals surface area contributed by atoms with Crippen LogP contribution in [-0.2, 0) is 4.79 Å².